The van der Waals surface area contributed by atoms with E-state index in [2.05, 4.69) is 42.2 Å². The molecule has 0 saturated carbocycles. The van der Waals surface area contributed by atoms with E-state index in [0.29, 0.717) is 12.3 Å². The van der Waals surface area contributed by atoms with Crippen LogP contribution in [0.3, 0.4) is 0 Å². The zero-order chi connectivity index (χ0) is 18.4. The van der Waals surface area contributed by atoms with E-state index in [1.807, 2.05) is 18.2 Å². The SMILES string of the molecule is CCCOc1ccc(CC2CN(Cc3ccccc3)CCC2O)cc1N. The van der Waals surface area contributed by atoms with Crippen LogP contribution in [0.25, 0.3) is 0 Å². The van der Waals surface area contributed by atoms with Crippen LogP contribution in [0.2, 0.25) is 0 Å². The lowest BCUT2D eigenvalue weighted by atomic mass is 9.88. The van der Waals surface area contributed by atoms with Gasteiger partial charge in [-0.1, -0.05) is 43.3 Å². The zero-order valence-corrected chi connectivity index (χ0v) is 15.6. The predicted octanol–water partition coefficient (Wildman–Crippen LogP) is 3.48. The molecule has 140 valence electrons. The number of piperidine rings is 1. The lowest BCUT2D eigenvalue weighted by molar-refractivity contribution is 0.0239. The van der Waals surface area contributed by atoms with Crippen molar-refractivity contribution < 1.29 is 9.84 Å². The Labute approximate surface area is 156 Å². The average molecular weight is 354 g/mol. The van der Waals surface area contributed by atoms with Crippen LogP contribution in [-0.2, 0) is 13.0 Å². The first kappa shape index (κ1) is 18.7. The van der Waals surface area contributed by atoms with Crippen LogP contribution >= 0.6 is 0 Å². The molecule has 0 amide bonds. The maximum absolute atomic E-state index is 10.5. The smallest absolute Gasteiger partial charge is 0.142 e. The first-order chi connectivity index (χ1) is 12.7. The molecule has 0 radical (unpaired) electrons. The summed E-state index contributed by atoms with van der Waals surface area (Å²) in [6.07, 6.45) is 2.38. The van der Waals surface area contributed by atoms with Crippen LogP contribution in [-0.4, -0.2) is 35.8 Å². The summed E-state index contributed by atoms with van der Waals surface area (Å²) >= 11 is 0. The number of benzene rings is 2. The Morgan fingerprint density at radius 1 is 1.15 bits per heavy atom. The third kappa shape index (κ3) is 4.99. The molecule has 2 atom stereocenters. The minimum atomic E-state index is -0.251. The molecule has 0 aliphatic carbocycles. The van der Waals surface area contributed by atoms with E-state index in [4.69, 9.17) is 10.5 Å². The molecule has 2 aromatic rings. The maximum Gasteiger partial charge on any atom is 0.142 e. The molecule has 0 aromatic heterocycles. The monoisotopic (exact) mass is 354 g/mol. The number of hydrogen-bond acceptors (Lipinski definition) is 4. The number of nitrogens with two attached hydrogens (primary N) is 1. The van der Waals surface area contributed by atoms with Gasteiger partial charge in [0.25, 0.3) is 0 Å². The van der Waals surface area contributed by atoms with Gasteiger partial charge in [-0.3, -0.25) is 4.90 Å². The molecule has 2 unspecified atom stereocenters. The van der Waals surface area contributed by atoms with Gasteiger partial charge in [0, 0.05) is 25.6 Å². The van der Waals surface area contributed by atoms with Crippen LogP contribution in [0.1, 0.15) is 30.9 Å². The van der Waals surface area contributed by atoms with Crippen molar-refractivity contribution in [3.05, 3.63) is 59.7 Å². The number of rotatable bonds is 7. The minimum absolute atomic E-state index is 0.231. The van der Waals surface area contributed by atoms with Crippen molar-refractivity contribution in [3.63, 3.8) is 0 Å². The standard InChI is InChI=1S/C22H30N2O2/c1-2-12-26-22-9-8-18(14-20(22)23)13-19-16-24(11-10-21(19)25)15-17-6-4-3-5-7-17/h3-9,14,19,21,25H,2,10-13,15-16,23H2,1H3. The average Bonchev–Trinajstić information content (AvgIpc) is 2.65. The molecule has 4 heteroatoms. The summed E-state index contributed by atoms with van der Waals surface area (Å²) in [5, 5.41) is 10.5. The van der Waals surface area contributed by atoms with Gasteiger partial charge < -0.3 is 15.6 Å². The molecule has 1 aliphatic rings. The highest BCUT2D eigenvalue weighted by Gasteiger charge is 2.28. The normalized spacial score (nSPS) is 20.8. The Kier molecular flexibility index (Phi) is 6.53. The van der Waals surface area contributed by atoms with Crippen LogP contribution in [0.5, 0.6) is 5.75 Å². The van der Waals surface area contributed by atoms with Crippen LogP contribution < -0.4 is 10.5 Å². The number of anilines is 1. The van der Waals surface area contributed by atoms with E-state index in [-0.39, 0.29) is 12.0 Å². The fourth-order valence-corrected chi connectivity index (χ4v) is 3.65. The van der Waals surface area contributed by atoms with Gasteiger partial charge in [0.1, 0.15) is 5.75 Å². The molecule has 0 bridgehead atoms. The van der Waals surface area contributed by atoms with Crippen molar-refractivity contribution in [1.82, 2.24) is 4.90 Å². The molecule has 0 spiro atoms. The van der Waals surface area contributed by atoms with Crippen molar-refractivity contribution in [1.29, 1.82) is 0 Å². The zero-order valence-electron chi connectivity index (χ0n) is 15.6. The van der Waals surface area contributed by atoms with E-state index in [9.17, 15) is 5.11 Å². The summed E-state index contributed by atoms with van der Waals surface area (Å²) < 4.78 is 5.65. The molecule has 26 heavy (non-hydrogen) atoms. The lowest BCUT2D eigenvalue weighted by Gasteiger charge is -2.36. The molecule has 2 aromatic carbocycles. The molecule has 4 nitrogen and oxygen atoms in total. The Hall–Kier alpha value is -2.04. The van der Waals surface area contributed by atoms with Gasteiger partial charge >= 0.3 is 0 Å². The Morgan fingerprint density at radius 2 is 1.96 bits per heavy atom. The van der Waals surface area contributed by atoms with Gasteiger partial charge in [-0.25, -0.2) is 0 Å². The molecule has 1 heterocycles. The molecule has 1 fully saturated rings. The largest absolute Gasteiger partial charge is 0.491 e. The molecule has 1 aliphatic heterocycles. The third-order valence-electron chi connectivity index (χ3n) is 5.06. The summed E-state index contributed by atoms with van der Waals surface area (Å²) in [5.41, 5.74) is 9.30. The second-order valence-electron chi connectivity index (χ2n) is 7.26. The predicted molar refractivity (Wildman–Crippen MR) is 106 cm³/mol. The second kappa shape index (κ2) is 9.06. The van der Waals surface area contributed by atoms with Crippen LogP contribution in [0.4, 0.5) is 5.69 Å². The molecule has 1 saturated heterocycles. The van der Waals surface area contributed by atoms with Crippen LogP contribution in [0.15, 0.2) is 48.5 Å². The first-order valence-corrected chi connectivity index (χ1v) is 9.61. The Bertz CT molecular complexity index is 690. The molecular formula is C22H30N2O2. The summed E-state index contributed by atoms with van der Waals surface area (Å²) in [4.78, 5) is 2.44. The first-order valence-electron chi connectivity index (χ1n) is 9.61. The highest BCUT2D eigenvalue weighted by atomic mass is 16.5. The fraction of sp³-hybridized carbons (Fsp3) is 0.455. The van der Waals surface area contributed by atoms with Crippen molar-refractivity contribution in [2.75, 3.05) is 25.4 Å². The highest BCUT2D eigenvalue weighted by molar-refractivity contribution is 5.54. The molecule has 3 N–H and O–H groups in total. The fourth-order valence-electron chi connectivity index (χ4n) is 3.65. The molecular weight excluding hydrogens is 324 g/mol. The number of ether oxygens (including phenoxy) is 1. The third-order valence-corrected chi connectivity index (χ3v) is 5.06. The van der Waals surface area contributed by atoms with E-state index < -0.39 is 0 Å². The minimum Gasteiger partial charge on any atom is -0.491 e. The molecule has 3 rings (SSSR count). The number of nitrogen functional groups attached to an aromatic ring is 1. The summed E-state index contributed by atoms with van der Waals surface area (Å²) in [7, 11) is 0. The van der Waals surface area contributed by atoms with Gasteiger partial charge in [0.15, 0.2) is 0 Å². The van der Waals surface area contributed by atoms with E-state index in [0.717, 1.165) is 50.2 Å². The summed E-state index contributed by atoms with van der Waals surface area (Å²) in [6, 6.07) is 16.6. The number of aliphatic hydroxyl groups excluding tert-OH is 1. The lowest BCUT2D eigenvalue weighted by Crippen LogP contribution is -2.43. The maximum atomic E-state index is 10.5. The quantitative estimate of drug-likeness (QED) is 0.748. The van der Waals surface area contributed by atoms with Crippen molar-refractivity contribution in [2.45, 2.75) is 38.8 Å². The second-order valence-corrected chi connectivity index (χ2v) is 7.26. The van der Waals surface area contributed by atoms with E-state index in [1.54, 1.807) is 0 Å². The number of likely N-dealkylation sites (tertiary alicyclic amines) is 1. The Morgan fingerprint density at radius 3 is 2.69 bits per heavy atom. The van der Waals surface area contributed by atoms with Gasteiger partial charge in [-0.15, -0.1) is 0 Å². The van der Waals surface area contributed by atoms with Crippen molar-refractivity contribution in [3.8, 4) is 5.75 Å². The summed E-state index contributed by atoms with van der Waals surface area (Å²) in [6.45, 7) is 5.55. The van der Waals surface area contributed by atoms with Crippen molar-refractivity contribution >= 4 is 5.69 Å². The number of hydrogen-bond donors (Lipinski definition) is 2. The highest BCUT2D eigenvalue weighted by Crippen LogP contribution is 2.27. The van der Waals surface area contributed by atoms with E-state index in [1.165, 1.54) is 5.56 Å². The van der Waals surface area contributed by atoms with Gasteiger partial charge in [-0.2, -0.15) is 0 Å². The topological polar surface area (TPSA) is 58.7 Å². The number of nitrogens with zero attached hydrogens (tertiary/aromatic N) is 1. The van der Waals surface area contributed by atoms with Gasteiger partial charge in [0.05, 0.1) is 18.4 Å². The number of aliphatic hydroxyl groups is 1. The summed E-state index contributed by atoms with van der Waals surface area (Å²) in [5.74, 6) is 0.986. The Balaban J connectivity index is 1.61. The van der Waals surface area contributed by atoms with Gasteiger partial charge in [-0.05, 0) is 42.5 Å². The van der Waals surface area contributed by atoms with Crippen LogP contribution in [0, 0.1) is 5.92 Å². The van der Waals surface area contributed by atoms with Gasteiger partial charge in [0.2, 0.25) is 0 Å². The van der Waals surface area contributed by atoms with E-state index >= 15 is 0 Å². The van der Waals surface area contributed by atoms with Crippen molar-refractivity contribution in [2.24, 2.45) is 5.92 Å².